The third kappa shape index (κ3) is 1.83. The van der Waals surface area contributed by atoms with Gasteiger partial charge in [0.05, 0.1) is 43.0 Å². The fourth-order valence-electron chi connectivity index (χ4n) is 2.83. The molecule has 1 fully saturated rings. The number of rotatable bonds is 1. The van der Waals surface area contributed by atoms with Crippen LogP contribution in [0.3, 0.4) is 0 Å². The van der Waals surface area contributed by atoms with Gasteiger partial charge in [-0.2, -0.15) is 0 Å². The van der Waals surface area contributed by atoms with Crippen LogP contribution in [0, 0.1) is 5.82 Å². The second kappa shape index (κ2) is 4.48. The fraction of sp³-hybridized carbons (Fsp3) is 0.500. The van der Waals surface area contributed by atoms with E-state index in [1.54, 1.807) is 6.20 Å². The Kier molecular flexibility index (Phi) is 2.62. The highest BCUT2D eigenvalue weighted by molar-refractivity contribution is 5.30. The molecule has 8 heteroatoms. The quantitative estimate of drug-likeness (QED) is 0.758. The maximum absolute atomic E-state index is 12.9. The molecule has 0 N–H and O–H groups in total. The standard InChI is InChI=1S/C12H13FN6O/c13-8-3-14-12(15-4-8)18-2-1-11-10(6-18)19-9(7-20-11)5-16-17-19/h3-5,10-11H,1-2,6-7H2/t10-,11-/m1/s1. The van der Waals surface area contributed by atoms with E-state index in [0.717, 1.165) is 18.7 Å². The zero-order valence-corrected chi connectivity index (χ0v) is 10.7. The van der Waals surface area contributed by atoms with E-state index in [9.17, 15) is 4.39 Å². The van der Waals surface area contributed by atoms with Crippen LogP contribution in [0.25, 0.3) is 0 Å². The summed E-state index contributed by atoms with van der Waals surface area (Å²) >= 11 is 0. The van der Waals surface area contributed by atoms with Crippen LogP contribution in [0.4, 0.5) is 10.3 Å². The Morgan fingerprint density at radius 3 is 2.95 bits per heavy atom. The van der Waals surface area contributed by atoms with Gasteiger partial charge in [-0.15, -0.1) is 5.10 Å². The predicted molar refractivity (Wildman–Crippen MR) is 66.5 cm³/mol. The zero-order valence-electron chi connectivity index (χ0n) is 10.7. The first-order valence-corrected chi connectivity index (χ1v) is 6.54. The van der Waals surface area contributed by atoms with Crippen molar-refractivity contribution in [2.75, 3.05) is 18.0 Å². The molecule has 0 radical (unpaired) electrons. The van der Waals surface area contributed by atoms with Crippen LogP contribution in [-0.4, -0.2) is 44.2 Å². The number of halogens is 1. The lowest BCUT2D eigenvalue weighted by atomic mass is 10.0. The average Bonchev–Trinajstić information content (AvgIpc) is 2.96. The van der Waals surface area contributed by atoms with E-state index in [-0.39, 0.29) is 12.1 Å². The Bertz CT molecular complexity index is 615. The van der Waals surface area contributed by atoms with Crippen molar-refractivity contribution < 1.29 is 9.13 Å². The van der Waals surface area contributed by atoms with Crippen molar-refractivity contribution in [3.63, 3.8) is 0 Å². The van der Waals surface area contributed by atoms with E-state index in [1.807, 2.05) is 9.58 Å². The smallest absolute Gasteiger partial charge is 0.225 e. The summed E-state index contributed by atoms with van der Waals surface area (Å²) in [6, 6.07) is 0.101. The Morgan fingerprint density at radius 1 is 1.25 bits per heavy atom. The highest BCUT2D eigenvalue weighted by Gasteiger charge is 2.37. The number of piperidine rings is 1. The minimum atomic E-state index is -0.428. The van der Waals surface area contributed by atoms with Gasteiger partial charge in [0.15, 0.2) is 5.82 Å². The number of nitrogens with zero attached hydrogens (tertiary/aromatic N) is 6. The van der Waals surface area contributed by atoms with Gasteiger partial charge in [-0.05, 0) is 6.42 Å². The Hall–Kier alpha value is -2.09. The lowest BCUT2D eigenvalue weighted by Crippen LogP contribution is -2.48. The van der Waals surface area contributed by atoms with Crippen LogP contribution in [0.15, 0.2) is 18.6 Å². The molecular weight excluding hydrogens is 263 g/mol. The van der Waals surface area contributed by atoms with E-state index in [2.05, 4.69) is 20.3 Å². The first kappa shape index (κ1) is 11.7. The van der Waals surface area contributed by atoms with E-state index in [0.29, 0.717) is 19.1 Å². The maximum Gasteiger partial charge on any atom is 0.225 e. The van der Waals surface area contributed by atoms with Crippen molar-refractivity contribution in [3.8, 4) is 0 Å². The summed E-state index contributed by atoms with van der Waals surface area (Å²) in [5.41, 5.74) is 0.980. The van der Waals surface area contributed by atoms with Gasteiger partial charge in [-0.1, -0.05) is 5.21 Å². The molecule has 2 atom stereocenters. The topological polar surface area (TPSA) is 69.0 Å². The molecule has 20 heavy (non-hydrogen) atoms. The molecule has 0 saturated carbocycles. The van der Waals surface area contributed by atoms with Crippen LogP contribution in [0.2, 0.25) is 0 Å². The summed E-state index contributed by atoms with van der Waals surface area (Å²) in [6.07, 6.45) is 5.11. The van der Waals surface area contributed by atoms with Crippen molar-refractivity contribution in [2.24, 2.45) is 0 Å². The van der Waals surface area contributed by atoms with Gasteiger partial charge >= 0.3 is 0 Å². The molecule has 4 rings (SSSR count). The summed E-state index contributed by atoms with van der Waals surface area (Å²) in [5.74, 6) is 0.111. The SMILES string of the molecule is Fc1cnc(N2CC[C@H]3OCc4cnnn4[C@@H]3C2)nc1. The Labute approximate surface area is 114 Å². The molecule has 0 aliphatic carbocycles. The molecule has 2 aliphatic rings. The number of aromatic nitrogens is 5. The average molecular weight is 276 g/mol. The second-order valence-electron chi connectivity index (χ2n) is 5.02. The molecule has 104 valence electrons. The zero-order chi connectivity index (χ0) is 13.5. The van der Waals surface area contributed by atoms with Gasteiger partial charge in [-0.3, -0.25) is 0 Å². The van der Waals surface area contributed by atoms with Crippen LogP contribution in [0.1, 0.15) is 18.2 Å². The summed E-state index contributed by atoms with van der Waals surface area (Å²) in [5, 5.41) is 8.08. The molecule has 1 saturated heterocycles. The molecule has 2 aromatic heterocycles. The lowest BCUT2D eigenvalue weighted by Gasteiger charge is -2.40. The van der Waals surface area contributed by atoms with Crippen molar-refractivity contribution >= 4 is 5.95 Å². The minimum Gasteiger partial charge on any atom is -0.370 e. The minimum absolute atomic E-state index is 0.101. The van der Waals surface area contributed by atoms with Crippen molar-refractivity contribution in [2.45, 2.75) is 25.2 Å². The molecule has 2 aliphatic heterocycles. The largest absolute Gasteiger partial charge is 0.370 e. The molecule has 0 unspecified atom stereocenters. The number of fused-ring (bicyclic) bond motifs is 3. The summed E-state index contributed by atoms with van der Waals surface area (Å²) in [4.78, 5) is 10.1. The van der Waals surface area contributed by atoms with Gasteiger partial charge in [0, 0.05) is 13.1 Å². The number of hydrogen-bond donors (Lipinski definition) is 0. The van der Waals surface area contributed by atoms with E-state index in [1.165, 1.54) is 12.4 Å². The molecule has 2 aromatic rings. The lowest BCUT2D eigenvalue weighted by molar-refractivity contribution is -0.0374. The molecule has 0 spiro atoms. The maximum atomic E-state index is 12.9. The first-order chi connectivity index (χ1) is 9.81. The molecule has 0 bridgehead atoms. The Morgan fingerprint density at radius 2 is 2.10 bits per heavy atom. The van der Waals surface area contributed by atoms with Crippen LogP contribution >= 0.6 is 0 Å². The Balaban J connectivity index is 1.61. The van der Waals surface area contributed by atoms with Crippen molar-refractivity contribution in [1.29, 1.82) is 0 Å². The number of ether oxygens (including phenoxy) is 1. The molecule has 7 nitrogen and oxygen atoms in total. The summed E-state index contributed by atoms with van der Waals surface area (Å²) in [7, 11) is 0. The fourth-order valence-corrected chi connectivity index (χ4v) is 2.83. The van der Waals surface area contributed by atoms with Gasteiger partial charge in [0.2, 0.25) is 5.95 Å². The van der Waals surface area contributed by atoms with E-state index in [4.69, 9.17) is 4.74 Å². The number of anilines is 1. The van der Waals surface area contributed by atoms with Crippen molar-refractivity contribution in [1.82, 2.24) is 25.0 Å². The third-order valence-electron chi connectivity index (χ3n) is 3.82. The van der Waals surface area contributed by atoms with Crippen LogP contribution in [-0.2, 0) is 11.3 Å². The molecular formula is C12H13FN6O. The molecule has 4 heterocycles. The van der Waals surface area contributed by atoms with Gasteiger partial charge in [0.25, 0.3) is 0 Å². The third-order valence-corrected chi connectivity index (χ3v) is 3.82. The monoisotopic (exact) mass is 276 g/mol. The highest BCUT2D eigenvalue weighted by Crippen LogP contribution is 2.31. The normalized spacial score (nSPS) is 25.1. The number of hydrogen-bond acceptors (Lipinski definition) is 6. The van der Waals surface area contributed by atoms with E-state index >= 15 is 0 Å². The van der Waals surface area contributed by atoms with Crippen LogP contribution < -0.4 is 4.90 Å². The van der Waals surface area contributed by atoms with Gasteiger partial charge in [-0.25, -0.2) is 19.0 Å². The predicted octanol–water partition coefficient (Wildman–Crippen LogP) is 0.557. The molecule has 0 aromatic carbocycles. The van der Waals surface area contributed by atoms with Gasteiger partial charge < -0.3 is 9.64 Å². The summed E-state index contributed by atoms with van der Waals surface area (Å²) in [6.45, 7) is 2.03. The van der Waals surface area contributed by atoms with E-state index < -0.39 is 5.82 Å². The molecule has 0 amide bonds. The summed E-state index contributed by atoms with van der Waals surface area (Å²) < 4.78 is 20.7. The van der Waals surface area contributed by atoms with Gasteiger partial charge in [0.1, 0.15) is 0 Å². The highest BCUT2D eigenvalue weighted by atomic mass is 19.1. The first-order valence-electron chi connectivity index (χ1n) is 6.54. The second-order valence-corrected chi connectivity index (χ2v) is 5.02. The van der Waals surface area contributed by atoms with Crippen LogP contribution in [0.5, 0.6) is 0 Å². The van der Waals surface area contributed by atoms with Crippen molar-refractivity contribution in [3.05, 3.63) is 30.1 Å².